The number of nitrogens with zero attached hydrogens (tertiary/aromatic N) is 1. The number of rotatable bonds is 6. The molecule has 140 valence electrons. The molecule has 1 heterocycles. The zero-order valence-corrected chi connectivity index (χ0v) is 15.1. The fourth-order valence-corrected chi connectivity index (χ4v) is 3.29. The van der Waals surface area contributed by atoms with Crippen molar-refractivity contribution in [3.63, 3.8) is 0 Å². The Balaban J connectivity index is 1.55. The molecule has 1 saturated heterocycles. The van der Waals surface area contributed by atoms with E-state index in [1.807, 2.05) is 0 Å². The molecule has 3 amide bonds. The topological polar surface area (TPSA) is 90.5 Å². The van der Waals surface area contributed by atoms with Crippen molar-refractivity contribution in [2.75, 3.05) is 25.0 Å². The predicted molar refractivity (Wildman–Crippen MR) is 98.8 cm³/mol. The molecule has 1 aromatic rings. The van der Waals surface area contributed by atoms with E-state index in [2.05, 4.69) is 27.8 Å². The molecule has 7 heteroatoms. The van der Waals surface area contributed by atoms with E-state index >= 15 is 0 Å². The monoisotopic (exact) mass is 358 g/mol. The first-order chi connectivity index (χ1) is 12.6. The first-order valence-electron chi connectivity index (χ1n) is 9.31. The van der Waals surface area contributed by atoms with Crippen LogP contribution in [-0.4, -0.2) is 54.3 Å². The van der Waals surface area contributed by atoms with Gasteiger partial charge in [0.15, 0.2) is 0 Å². The summed E-state index contributed by atoms with van der Waals surface area (Å²) in [6.07, 6.45) is 4.11. The fourth-order valence-electron chi connectivity index (χ4n) is 3.29. The third-order valence-corrected chi connectivity index (χ3v) is 4.94. The molecule has 0 bridgehead atoms. The van der Waals surface area contributed by atoms with Gasteiger partial charge in [0.2, 0.25) is 0 Å². The van der Waals surface area contributed by atoms with Crippen molar-refractivity contribution in [1.29, 1.82) is 0 Å². The van der Waals surface area contributed by atoms with Crippen molar-refractivity contribution in [3.8, 4) is 0 Å². The summed E-state index contributed by atoms with van der Waals surface area (Å²) in [5.74, 6) is -1.66. The third kappa shape index (κ3) is 4.60. The molecule has 26 heavy (non-hydrogen) atoms. The number of hydrogen-bond acceptors (Lipinski definition) is 4. The Hall–Kier alpha value is -2.41. The number of carbonyl (C=O) groups excluding carboxylic acids is 3. The van der Waals surface area contributed by atoms with Crippen LogP contribution < -0.4 is 16.0 Å². The number of hydrogen-bond donors (Lipinski definition) is 3. The highest BCUT2D eigenvalue weighted by Crippen LogP contribution is 2.21. The van der Waals surface area contributed by atoms with Crippen LogP contribution in [0.1, 0.15) is 43.0 Å². The van der Waals surface area contributed by atoms with Gasteiger partial charge in [0, 0.05) is 18.6 Å². The third-order valence-electron chi connectivity index (χ3n) is 4.94. The number of carbonyl (C=O) groups is 3. The van der Waals surface area contributed by atoms with Crippen LogP contribution >= 0.6 is 0 Å². The fraction of sp³-hybridized carbons (Fsp3) is 0.526. The second-order valence-electron chi connectivity index (χ2n) is 6.88. The molecule has 0 spiro atoms. The lowest BCUT2D eigenvalue weighted by molar-refractivity contribution is -0.136. The highest BCUT2D eigenvalue weighted by atomic mass is 16.2. The summed E-state index contributed by atoms with van der Waals surface area (Å²) in [6.45, 7) is 4.53. The molecule has 0 aromatic heterocycles. The Morgan fingerprint density at radius 3 is 2.62 bits per heavy atom. The summed E-state index contributed by atoms with van der Waals surface area (Å²) in [4.78, 5) is 38.9. The lowest BCUT2D eigenvalue weighted by Crippen LogP contribution is -2.43. The van der Waals surface area contributed by atoms with Crippen LogP contribution in [-0.2, 0) is 9.59 Å². The maximum absolute atomic E-state index is 12.3. The van der Waals surface area contributed by atoms with E-state index < -0.39 is 11.8 Å². The van der Waals surface area contributed by atoms with E-state index in [1.165, 1.54) is 0 Å². The normalized spacial score (nSPS) is 19.8. The zero-order valence-electron chi connectivity index (χ0n) is 15.1. The van der Waals surface area contributed by atoms with Gasteiger partial charge in [0.05, 0.1) is 11.3 Å². The van der Waals surface area contributed by atoms with E-state index in [0.717, 1.165) is 38.8 Å². The largest absolute Gasteiger partial charge is 0.349 e. The van der Waals surface area contributed by atoms with E-state index in [4.69, 9.17) is 0 Å². The molecule has 1 aromatic carbocycles. The van der Waals surface area contributed by atoms with Crippen molar-refractivity contribution < 1.29 is 14.4 Å². The minimum absolute atomic E-state index is 0.225. The van der Waals surface area contributed by atoms with Gasteiger partial charge < -0.3 is 16.0 Å². The number of likely N-dealkylation sites (N-methyl/N-ethyl adjacent to an activating group) is 1. The minimum atomic E-state index is -0.752. The molecule has 2 aliphatic rings. The Morgan fingerprint density at radius 2 is 1.88 bits per heavy atom. The number of amides is 3. The van der Waals surface area contributed by atoms with Crippen molar-refractivity contribution in [1.82, 2.24) is 15.5 Å². The average molecular weight is 358 g/mol. The molecule has 1 aliphatic carbocycles. The van der Waals surface area contributed by atoms with Crippen LogP contribution in [0.15, 0.2) is 24.3 Å². The second kappa shape index (κ2) is 8.31. The summed E-state index contributed by atoms with van der Waals surface area (Å²) >= 11 is 0. The Morgan fingerprint density at radius 1 is 1.12 bits per heavy atom. The Labute approximate surface area is 153 Å². The van der Waals surface area contributed by atoms with E-state index in [0.29, 0.717) is 17.8 Å². The van der Waals surface area contributed by atoms with Gasteiger partial charge in [-0.15, -0.1) is 0 Å². The van der Waals surface area contributed by atoms with Gasteiger partial charge >= 0.3 is 11.8 Å². The molecule has 7 nitrogen and oxygen atoms in total. The van der Waals surface area contributed by atoms with Gasteiger partial charge in [-0.1, -0.05) is 19.1 Å². The molecule has 0 radical (unpaired) electrons. The van der Waals surface area contributed by atoms with Crippen molar-refractivity contribution in [2.24, 2.45) is 0 Å². The zero-order chi connectivity index (χ0) is 18.5. The molecule has 0 unspecified atom stereocenters. The minimum Gasteiger partial charge on any atom is -0.349 e. The predicted octanol–water partition coefficient (Wildman–Crippen LogP) is 1.12. The first-order valence-corrected chi connectivity index (χ1v) is 9.31. The average Bonchev–Trinajstić information content (AvgIpc) is 3.34. The summed E-state index contributed by atoms with van der Waals surface area (Å²) in [6, 6.07) is 7.23. The lowest BCUT2D eigenvalue weighted by atomic mass is 10.1. The van der Waals surface area contributed by atoms with E-state index in [1.54, 1.807) is 24.3 Å². The molecular formula is C19H26N4O3. The van der Waals surface area contributed by atoms with Gasteiger partial charge in [-0.05, 0) is 50.9 Å². The number of para-hydroxylation sites is 1. The Bertz CT molecular complexity index is 687. The molecule has 1 atom stereocenters. The van der Waals surface area contributed by atoms with E-state index in [9.17, 15) is 14.4 Å². The molecular weight excluding hydrogens is 332 g/mol. The van der Waals surface area contributed by atoms with Crippen molar-refractivity contribution in [3.05, 3.63) is 29.8 Å². The highest BCUT2D eigenvalue weighted by molar-refractivity contribution is 6.40. The first kappa shape index (κ1) is 18.4. The SMILES string of the molecule is CCN1CCC[C@H]1CNC(=O)C(=O)Nc1ccccc1C(=O)NC1CC1. The number of nitrogens with one attached hydrogen (secondary N) is 3. The maximum atomic E-state index is 12.3. The quantitative estimate of drug-likeness (QED) is 0.665. The van der Waals surface area contributed by atoms with E-state index in [-0.39, 0.29) is 18.0 Å². The van der Waals surface area contributed by atoms with Crippen molar-refractivity contribution >= 4 is 23.4 Å². The summed E-state index contributed by atoms with van der Waals surface area (Å²) in [5.41, 5.74) is 0.718. The summed E-state index contributed by atoms with van der Waals surface area (Å²) in [5, 5.41) is 8.16. The smallest absolute Gasteiger partial charge is 0.313 e. The van der Waals surface area contributed by atoms with Gasteiger partial charge in [0.25, 0.3) is 5.91 Å². The van der Waals surface area contributed by atoms with Crippen LogP contribution in [0.4, 0.5) is 5.69 Å². The van der Waals surface area contributed by atoms with Crippen LogP contribution in [0.25, 0.3) is 0 Å². The lowest BCUT2D eigenvalue weighted by Gasteiger charge is -2.22. The van der Waals surface area contributed by atoms with Gasteiger partial charge in [-0.3, -0.25) is 19.3 Å². The molecule has 1 saturated carbocycles. The van der Waals surface area contributed by atoms with Gasteiger partial charge in [-0.25, -0.2) is 0 Å². The van der Waals surface area contributed by atoms with Crippen molar-refractivity contribution in [2.45, 2.75) is 44.7 Å². The van der Waals surface area contributed by atoms with Crippen LogP contribution in [0.3, 0.4) is 0 Å². The van der Waals surface area contributed by atoms with Crippen LogP contribution in [0.5, 0.6) is 0 Å². The molecule has 3 N–H and O–H groups in total. The van der Waals surface area contributed by atoms with Crippen LogP contribution in [0.2, 0.25) is 0 Å². The maximum Gasteiger partial charge on any atom is 0.313 e. The molecule has 3 rings (SSSR count). The summed E-state index contributed by atoms with van der Waals surface area (Å²) in [7, 11) is 0. The van der Waals surface area contributed by atoms with Crippen LogP contribution in [0, 0.1) is 0 Å². The standard InChI is InChI=1S/C19H26N4O3/c1-2-23-11-5-6-14(23)12-20-18(25)19(26)22-16-8-4-3-7-15(16)17(24)21-13-9-10-13/h3-4,7-8,13-14H,2,5-6,9-12H2,1H3,(H,20,25)(H,21,24)(H,22,26)/t14-/m0/s1. The summed E-state index contributed by atoms with van der Waals surface area (Å²) < 4.78 is 0. The number of benzene rings is 1. The van der Waals surface area contributed by atoms with Gasteiger partial charge in [0.1, 0.15) is 0 Å². The van der Waals surface area contributed by atoms with Gasteiger partial charge in [-0.2, -0.15) is 0 Å². The number of likely N-dealkylation sites (tertiary alicyclic amines) is 1. The highest BCUT2D eigenvalue weighted by Gasteiger charge is 2.26. The molecule has 2 fully saturated rings. The Kier molecular flexibility index (Phi) is 5.88. The molecule has 1 aliphatic heterocycles. The number of anilines is 1. The second-order valence-corrected chi connectivity index (χ2v) is 6.88.